The summed E-state index contributed by atoms with van der Waals surface area (Å²) in [6.45, 7) is -0.840. The molecule has 0 aromatic carbocycles. The van der Waals surface area contributed by atoms with Crippen LogP contribution in [0.15, 0.2) is 0 Å². The standard InChI is InChI=1S/C11H19F3N2O4/c12-11(13,14)10(20)15-5-3-1-2-4-9(19)16-8(6-17)7-18/h8,17-18H,1-7H2,(H,15,20)(H,16,19). The Morgan fingerprint density at radius 2 is 1.65 bits per heavy atom. The molecule has 20 heavy (non-hydrogen) atoms. The lowest BCUT2D eigenvalue weighted by Crippen LogP contribution is -2.40. The number of carbonyl (C=O) groups excluding carboxylic acids is 2. The number of rotatable bonds is 9. The van der Waals surface area contributed by atoms with Crippen molar-refractivity contribution in [3.8, 4) is 0 Å². The first-order valence-electron chi connectivity index (χ1n) is 6.17. The molecule has 0 aliphatic heterocycles. The number of alkyl halides is 3. The highest BCUT2D eigenvalue weighted by Gasteiger charge is 2.38. The van der Waals surface area contributed by atoms with E-state index >= 15 is 0 Å². The quantitative estimate of drug-likeness (QED) is 0.439. The maximum Gasteiger partial charge on any atom is 0.471 e. The van der Waals surface area contributed by atoms with E-state index in [2.05, 4.69) is 5.32 Å². The van der Waals surface area contributed by atoms with E-state index < -0.39 is 18.1 Å². The fourth-order valence-electron chi connectivity index (χ4n) is 1.34. The van der Waals surface area contributed by atoms with Crippen molar-refractivity contribution >= 4 is 11.8 Å². The van der Waals surface area contributed by atoms with Gasteiger partial charge in [0.05, 0.1) is 19.3 Å². The Kier molecular flexibility index (Phi) is 8.89. The van der Waals surface area contributed by atoms with Crippen LogP contribution in [-0.4, -0.2) is 54.0 Å². The fraction of sp³-hybridized carbons (Fsp3) is 0.818. The maximum absolute atomic E-state index is 11.8. The lowest BCUT2D eigenvalue weighted by molar-refractivity contribution is -0.173. The van der Waals surface area contributed by atoms with Crippen LogP contribution < -0.4 is 10.6 Å². The molecule has 0 aromatic rings. The van der Waals surface area contributed by atoms with Crippen LogP contribution in [0.3, 0.4) is 0 Å². The van der Waals surface area contributed by atoms with Crippen molar-refractivity contribution in [1.82, 2.24) is 10.6 Å². The molecular formula is C11H19F3N2O4. The molecule has 0 saturated carbocycles. The molecule has 0 atom stereocenters. The van der Waals surface area contributed by atoms with Crippen molar-refractivity contribution in [2.45, 2.75) is 37.9 Å². The third-order valence-electron chi connectivity index (χ3n) is 2.43. The van der Waals surface area contributed by atoms with Gasteiger partial charge < -0.3 is 20.8 Å². The summed E-state index contributed by atoms with van der Waals surface area (Å²) in [4.78, 5) is 21.7. The predicted octanol–water partition coefficient (Wildman–Crippen LogP) is -0.305. The number of hydrogen-bond donors (Lipinski definition) is 4. The van der Waals surface area contributed by atoms with Crippen LogP contribution in [0.2, 0.25) is 0 Å². The molecule has 0 heterocycles. The highest BCUT2D eigenvalue weighted by atomic mass is 19.4. The molecule has 0 aliphatic rings. The lowest BCUT2D eigenvalue weighted by atomic mass is 10.2. The van der Waals surface area contributed by atoms with Crippen molar-refractivity contribution in [3.05, 3.63) is 0 Å². The topological polar surface area (TPSA) is 98.7 Å². The summed E-state index contributed by atoms with van der Waals surface area (Å²) in [5, 5.41) is 21.6. The Balaban J connectivity index is 3.58. The Labute approximate surface area is 114 Å². The zero-order chi connectivity index (χ0) is 15.6. The van der Waals surface area contributed by atoms with Crippen LogP contribution >= 0.6 is 0 Å². The van der Waals surface area contributed by atoms with Gasteiger partial charge in [0.25, 0.3) is 0 Å². The number of aliphatic hydroxyl groups is 2. The number of hydrogen-bond acceptors (Lipinski definition) is 4. The van der Waals surface area contributed by atoms with E-state index in [1.54, 1.807) is 5.32 Å². The second kappa shape index (κ2) is 9.54. The van der Waals surface area contributed by atoms with Crippen LogP contribution in [0.5, 0.6) is 0 Å². The molecule has 0 fully saturated rings. The summed E-state index contributed by atoms with van der Waals surface area (Å²) in [6, 6.07) is -0.700. The van der Waals surface area contributed by atoms with Crippen molar-refractivity contribution in [2.24, 2.45) is 0 Å². The van der Waals surface area contributed by atoms with Crippen LogP contribution in [-0.2, 0) is 9.59 Å². The third kappa shape index (κ3) is 8.70. The zero-order valence-electron chi connectivity index (χ0n) is 10.9. The van der Waals surface area contributed by atoms with Gasteiger partial charge in [0.15, 0.2) is 0 Å². The number of amides is 2. The predicted molar refractivity (Wildman–Crippen MR) is 63.6 cm³/mol. The van der Waals surface area contributed by atoms with E-state index in [4.69, 9.17) is 10.2 Å². The minimum absolute atomic E-state index is 0.101. The molecule has 0 rings (SSSR count). The summed E-state index contributed by atoms with van der Waals surface area (Å²) >= 11 is 0. The molecule has 0 unspecified atom stereocenters. The highest BCUT2D eigenvalue weighted by molar-refractivity contribution is 5.81. The van der Waals surface area contributed by atoms with Gasteiger partial charge in [-0.2, -0.15) is 13.2 Å². The lowest BCUT2D eigenvalue weighted by Gasteiger charge is -2.13. The Morgan fingerprint density at radius 1 is 1.05 bits per heavy atom. The summed E-state index contributed by atoms with van der Waals surface area (Å²) in [5.41, 5.74) is 0. The maximum atomic E-state index is 11.8. The van der Waals surface area contributed by atoms with Crippen LogP contribution in [0, 0.1) is 0 Å². The van der Waals surface area contributed by atoms with Gasteiger partial charge in [-0.1, -0.05) is 6.42 Å². The first-order valence-corrected chi connectivity index (χ1v) is 6.17. The van der Waals surface area contributed by atoms with E-state index in [1.165, 1.54) is 0 Å². The normalized spacial score (nSPS) is 11.5. The minimum atomic E-state index is -4.87. The number of carbonyl (C=O) groups is 2. The second-order valence-electron chi connectivity index (χ2n) is 4.19. The molecule has 0 aliphatic carbocycles. The van der Waals surface area contributed by atoms with E-state index in [0.717, 1.165) is 0 Å². The van der Waals surface area contributed by atoms with Crippen molar-refractivity contribution in [2.75, 3.05) is 19.8 Å². The smallest absolute Gasteiger partial charge is 0.394 e. The Morgan fingerprint density at radius 3 is 2.15 bits per heavy atom. The highest BCUT2D eigenvalue weighted by Crippen LogP contribution is 2.13. The van der Waals surface area contributed by atoms with Crippen molar-refractivity contribution in [1.29, 1.82) is 0 Å². The average Bonchev–Trinajstić information content (AvgIpc) is 2.38. The number of aliphatic hydroxyl groups excluding tert-OH is 2. The van der Waals surface area contributed by atoms with Gasteiger partial charge >= 0.3 is 12.1 Å². The van der Waals surface area contributed by atoms with Gasteiger partial charge in [-0.05, 0) is 12.8 Å². The van der Waals surface area contributed by atoms with Crippen LogP contribution in [0.1, 0.15) is 25.7 Å². The molecule has 0 radical (unpaired) electrons. The molecule has 6 nitrogen and oxygen atoms in total. The molecule has 9 heteroatoms. The largest absolute Gasteiger partial charge is 0.471 e. The first kappa shape index (κ1) is 18.7. The van der Waals surface area contributed by atoms with E-state index in [0.29, 0.717) is 19.3 Å². The molecule has 0 saturated heterocycles. The number of unbranched alkanes of at least 4 members (excludes halogenated alkanes) is 2. The minimum Gasteiger partial charge on any atom is -0.394 e. The van der Waals surface area contributed by atoms with Gasteiger partial charge in [0.1, 0.15) is 0 Å². The Bertz CT molecular complexity index is 307. The summed E-state index contributed by atoms with van der Waals surface area (Å²) in [7, 11) is 0. The van der Waals surface area contributed by atoms with Gasteiger partial charge in [0.2, 0.25) is 5.91 Å². The Hall–Kier alpha value is -1.35. The van der Waals surface area contributed by atoms with Crippen molar-refractivity contribution < 1.29 is 33.0 Å². The summed E-state index contributed by atoms with van der Waals surface area (Å²) in [5.74, 6) is -2.32. The number of nitrogens with one attached hydrogen (secondary N) is 2. The van der Waals surface area contributed by atoms with E-state index in [-0.39, 0.29) is 32.1 Å². The third-order valence-corrected chi connectivity index (χ3v) is 2.43. The zero-order valence-corrected chi connectivity index (χ0v) is 10.9. The summed E-state index contributed by atoms with van der Waals surface area (Å²) < 4.78 is 35.4. The monoisotopic (exact) mass is 300 g/mol. The molecule has 118 valence electrons. The first-order chi connectivity index (χ1) is 9.31. The SMILES string of the molecule is O=C(CCCCCNC(=O)C(F)(F)F)NC(CO)CO. The van der Waals surface area contributed by atoms with E-state index in [1.807, 2.05) is 0 Å². The van der Waals surface area contributed by atoms with E-state index in [9.17, 15) is 22.8 Å². The van der Waals surface area contributed by atoms with Crippen molar-refractivity contribution in [3.63, 3.8) is 0 Å². The van der Waals surface area contributed by atoms with Crippen LogP contribution in [0.4, 0.5) is 13.2 Å². The molecule has 0 spiro atoms. The van der Waals surface area contributed by atoms with Gasteiger partial charge in [-0.15, -0.1) is 0 Å². The number of halogens is 3. The molecule has 0 bridgehead atoms. The van der Waals surface area contributed by atoms with Crippen LogP contribution in [0.25, 0.3) is 0 Å². The average molecular weight is 300 g/mol. The molecule has 4 N–H and O–H groups in total. The second-order valence-corrected chi connectivity index (χ2v) is 4.19. The molecule has 2 amide bonds. The molecular weight excluding hydrogens is 281 g/mol. The van der Waals surface area contributed by atoms with Gasteiger partial charge in [0, 0.05) is 13.0 Å². The van der Waals surface area contributed by atoms with Gasteiger partial charge in [-0.3, -0.25) is 9.59 Å². The van der Waals surface area contributed by atoms with Gasteiger partial charge in [-0.25, -0.2) is 0 Å². The summed E-state index contributed by atoms with van der Waals surface area (Å²) in [6.07, 6.45) is -3.47. The fourth-order valence-corrected chi connectivity index (χ4v) is 1.34. The molecule has 0 aromatic heterocycles.